The predicted octanol–water partition coefficient (Wildman–Crippen LogP) is 3.87. The van der Waals surface area contributed by atoms with Crippen molar-refractivity contribution in [3.8, 4) is 28.1 Å². The largest absolute Gasteiger partial charge is 0.481 e. The maximum absolute atomic E-state index is 13.4. The van der Waals surface area contributed by atoms with Crippen LogP contribution in [0, 0.1) is 0 Å². The van der Waals surface area contributed by atoms with Crippen molar-refractivity contribution in [1.29, 1.82) is 0 Å². The zero-order valence-electron chi connectivity index (χ0n) is 21.5. The number of halogens is 1. The Balaban J connectivity index is 1.23. The number of nitrogens with zero attached hydrogens (tertiary/aromatic N) is 6. The van der Waals surface area contributed by atoms with Crippen LogP contribution in [0.25, 0.3) is 28.1 Å². The normalized spacial score (nSPS) is 14.1. The maximum atomic E-state index is 13.4. The number of carbonyl (C=O) groups excluding carboxylic acids is 1. The molecule has 13 heteroatoms. The number of carboxylic acids is 1. The lowest BCUT2D eigenvalue weighted by Crippen LogP contribution is -2.23. The molecule has 4 heterocycles. The highest BCUT2D eigenvalue weighted by Crippen LogP contribution is 2.34. The smallest absolute Gasteiger partial charge is 0.303 e. The van der Waals surface area contributed by atoms with E-state index in [1.54, 1.807) is 41.1 Å². The summed E-state index contributed by atoms with van der Waals surface area (Å²) in [4.78, 5) is 43.9. The van der Waals surface area contributed by atoms with Gasteiger partial charge in [-0.1, -0.05) is 23.7 Å². The molecule has 1 atom stereocenters. The van der Waals surface area contributed by atoms with E-state index in [9.17, 15) is 14.4 Å². The SMILES string of the molecule is O=C(O)CCC(=O)Nc1ccc(-c2cnc([C@@H]3CCc4cc(-c5cc(Cl)ccc5-n5cnnn5)cc(=O)n43)[nH]2)cc1. The van der Waals surface area contributed by atoms with E-state index in [1.165, 1.54) is 11.0 Å². The van der Waals surface area contributed by atoms with Gasteiger partial charge in [0.1, 0.15) is 12.2 Å². The fraction of sp³-hybridized carbons (Fsp3) is 0.179. The van der Waals surface area contributed by atoms with Crippen LogP contribution in [0.2, 0.25) is 5.02 Å². The molecule has 1 aliphatic rings. The minimum Gasteiger partial charge on any atom is -0.481 e. The van der Waals surface area contributed by atoms with Crippen molar-refractivity contribution in [1.82, 2.24) is 34.7 Å². The molecule has 0 aliphatic carbocycles. The average molecular weight is 571 g/mol. The lowest BCUT2D eigenvalue weighted by atomic mass is 10.0. The maximum Gasteiger partial charge on any atom is 0.303 e. The van der Waals surface area contributed by atoms with Crippen LogP contribution in [-0.2, 0) is 16.0 Å². The molecule has 3 N–H and O–H groups in total. The number of aromatic nitrogens is 7. The van der Waals surface area contributed by atoms with Crippen molar-refractivity contribution in [2.75, 3.05) is 5.32 Å². The van der Waals surface area contributed by atoms with E-state index in [0.717, 1.165) is 28.1 Å². The Kier molecular flexibility index (Phi) is 6.89. The van der Waals surface area contributed by atoms with Crippen LogP contribution in [0.1, 0.15) is 36.8 Å². The van der Waals surface area contributed by atoms with Gasteiger partial charge < -0.3 is 20.0 Å². The van der Waals surface area contributed by atoms with Gasteiger partial charge in [-0.05, 0) is 70.8 Å². The van der Waals surface area contributed by atoms with Crippen LogP contribution in [0.5, 0.6) is 0 Å². The van der Waals surface area contributed by atoms with Crippen molar-refractivity contribution in [2.45, 2.75) is 31.7 Å². The highest BCUT2D eigenvalue weighted by molar-refractivity contribution is 6.31. The summed E-state index contributed by atoms with van der Waals surface area (Å²) in [7, 11) is 0. The lowest BCUT2D eigenvalue weighted by molar-refractivity contribution is -0.138. The van der Waals surface area contributed by atoms with Crippen molar-refractivity contribution in [2.24, 2.45) is 0 Å². The second-order valence-electron chi connectivity index (χ2n) is 9.62. The standard InChI is InChI=1S/C28H23ClN8O4/c29-18-3-7-23(36-15-31-34-35-36)21(13-18)17-11-20-6-8-24(37(20)26(39)12-17)28-30-14-22(33-28)16-1-4-19(5-2-16)32-25(38)9-10-27(40)41/h1-5,7,11-15,24H,6,8-10H2,(H,30,33)(H,32,38)(H,40,41)/t24-/m0/s1. The Morgan fingerprint density at radius 1 is 1.07 bits per heavy atom. The first-order valence-corrected chi connectivity index (χ1v) is 13.2. The van der Waals surface area contributed by atoms with Crippen molar-refractivity contribution in [3.63, 3.8) is 0 Å². The molecule has 41 heavy (non-hydrogen) atoms. The van der Waals surface area contributed by atoms with Gasteiger partial charge in [0.2, 0.25) is 5.91 Å². The fourth-order valence-electron chi connectivity index (χ4n) is 5.05. The van der Waals surface area contributed by atoms with Gasteiger partial charge in [0.05, 0.1) is 30.0 Å². The average Bonchev–Trinajstić information content (AvgIpc) is 3.73. The van der Waals surface area contributed by atoms with Crippen molar-refractivity contribution >= 4 is 29.2 Å². The molecule has 206 valence electrons. The second-order valence-corrected chi connectivity index (χ2v) is 10.1. The number of hydrogen-bond donors (Lipinski definition) is 3. The molecule has 0 saturated heterocycles. The highest BCUT2D eigenvalue weighted by Gasteiger charge is 2.28. The molecule has 2 aromatic carbocycles. The van der Waals surface area contributed by atoms with Gasteiger partial charge in [-0.25, -0.2) is 4.98 Å². The molecule has 3 aromatic heterocycles. The van der Waals surface area contributed by atoms with Gasteiger partial charge in [-0.2, -0.15) is 4.68 Å². The molecule has 0 fully saturated rings. The number of H-pyrrole nitrogens is 1. The van der Waals surface area contributed by atoms with Gasteiger partial charge in [0.25, 0.3) is 5.56 Å². The first-order chi connectivity index (χ1) is 19.9. The number of aliphatic carboxylic acids is 1. The number of carboxylic acid groups (broad SMARTS) is 1. The molecule has 5 aromatic rings. The molecule has 0 bridgehead atoms. The number of amides is 1. The summed E-state index contributed by atoms with van der Waals surface area (Å²) in [5, 5.41) is 23.4. The summed E-state index contributed by atoms with van der Waals surface area (Å²) in [5.74, 6) is -0.703. The van der Waals surface area contributed by atoms with E-state index in [2.05, 4.69) is 30.8 Å². The molecule has 1 amide bonds. The number of pyridine rings is 1. The van der Waals surface area contributed by atoms with Crippen LogP contribution in [0.4, 0.5) is 5.69 Å². The van der Waals surface area contributed by atoms with Crippen LogP contribution in [0.15, 0.2) is 71.9 Å². The van der Waals surface area contributed by atoms with Crippen LogP contribution >= 0.6 is 11.6 Å². The molecule has 12 nitrogen and oxygen atoms in total. The first kappa shape index (κ1) is 26.1. The highest BCUT2D eigenvalue weighted by atomic mass is 35.5. The summed E-state index contributed by atoms with van der Waals surface area (Å²) in [6.07, 6.45) is 4.30. The Morgan fingerprint density at radius 3 is 2.66 bits per heavy atom. The van der Waals surface area contributed by atoms with Crippen LogP contribution in [0.3, 0.4) is 0 Å². The third-order valence-electron chi connectivity index (χ3n) is 6.96. The van der Waals surface area contributed by atoms with Crippen LogP contribution in [-0.4, -0.2) is 51.7 Å². The zero-order valence-corrected chi connectivity index (χ0v) is 22.2. The molecular formula is C28H23ClN8O4. The third-order valence-corrected chi connectivity index (χ3v) is 7.19. The lowest BCUT2D eigenvalue weighted by Gasteiger charge is -2.15. The fourth-order valence-corrected chi connectivity index (χ4v) is 5.22. The topological polar surface area (TPSA) is 161 Å². The second kappa shape index (κ2) is 10.8. The molecule has 0 spiro atoms. The number of nitrogens with one attached hydrogen (secondary N) is 2. The van der Waals surface area contributed by atoms with E-state index in [-0.39, 0.29) is 30.3 Å². The summed E-state index contributed by atoms with van der Waals surface area (Å²) >= 11 is 6.30. The van der Waals surface area contributed by atoms with E-state index < -0.39 is 5.97 Å². The minimum absolute atomic E-state index is 0.0930. The molecule has 0 radical (unpaired) electrons. The van der Waals surface area contributed by atoms with Crippen LogP contribution < -0.4 is 10.9 Å². The summed E-state index contributed by atoms with van der Waals surface area (Å²) in [6.45, 7) is 0. The number of benzene rings is 2. The van der Waals surface area contributed by atoms with Gasteiger partial charge in [0, 0.05) is 34.5 Å². The monoisotopic (exact) mass is 570 g/mol. The van der Waals surface area contributed by atoms with Crippen molar-refractivity contribution in [3.05, 3.63) is 94.0 Å². The Hall–Kier alpha value is -5.10. The summed E-state index contributed by atoms with van der Waals surface area (Å²) in [6, 6.07) is 15.8. The quantitative estimate of drug-likeness (QED) is 0.253. The first-order valence-electron chi connectivity index (χ1n) is 12.8. The number of imidazole rings is 1. The molecular weight excluding hydrogens is 548 g/mol. The Morgan fingerprint density at radius 2 is 1.90 bits per heavy atom. The van der Waals surface area contributed by atoms with Crippen molar-refractivity contribution < 1.29 is 14.7 Å². The van der Waals surface area contributed by atoms with E-state index >= 15 is 0 Å². The molecule has 1 aliphatic heterocycles. The van der Waals surface area contributed by atoms with Gasteiger partial charge in [0.15, 0.2) is 0 Å². The number of anilines is 1. The number of tetrazole rings is 1. The van der Waals surface area contributed by atoms with E-state index in [4.69, 9.17) is 16.7 Å². The summed E-state index contributed by atoms with van der Waals surface area (Å²) < 4.78 is 3.30. The molecule has 6 rings (SSSR count). The minimum atomic E-state index is -1.02. The number of rotatable bonds is 8. The van der Waals surface area contributed by atoms with Gasteiger partial charge in [-0.3, -0.25) is 14.4 Å². The molecule has 0 unspecified atom stereocenters. The predicted molar refractivity (Wildman–Crippen MR) is 150 cm³/mol. The van der Waals surface area contributed by atoms with E-state index in [1.807, 2.05) is 24.3 Å². The Bertz CT molecular complexity index is 1810. The summed E-state index contributed by atoms with van der Waals surface area (Å²) in [5.41, 5.74) is 5.11. The number of fused-ring (bicyclic) bond motifs is 1. The number of hydrogen-bond acceptors (Lipinski definition) is 7. The zero-order chi connectivity index (χ0) is 28.5. The van der Waals surface area contributed by atoms with Gasteiger partial charge in [-0.15, -0.1) is 5.10 Å². The van der Waals surface area contributed by atoms with Gasteiger partial charge >= 0.3 is 5.97 Å². The third kappa shape index (κ3) is 5.37. The van der Waals surface area contributed by atoms with E-state index in [0.29, 0.717) is 35.1 Å². The number of carbonyl (C=O) groups is 2. The number of aromatic amines is 1. The molecule has 0 saturated carbocycles. The Labute approximate surface area is 237 Å². The number of aryl methyl sites for hydroxylation is 1.